The Morgan fingerprint density at radius 1 is 1.19 bits per heavy atom. The van der Waals surface area contributed by atoms with E-state index in [0.29, 0.717) is 36.5 Å². The number of carboxylic acid groups (broad SMARTS) is 1. The van der Waals surface area contributed by atoms with Crippen molar-refractivity contribution in [2.24, 2.45) is 5.92 Å². The number of carboxylic acids is 1. The van der Waals surface area contributed by atoms with Gasteiger partial charge in [-0.15, -0.1) is 0 Å². The predicted octanol–water partition coefficient (Wildman–Crippen LogP) is 3.49. The molecule has 146 valence electrons. The van der Waals surface area contributed by atoms with Gasteiger partial charge in [0.05, 0.1) is 15.1 Å². The fraction of sp³-hybridized carbons (Fsp3) is 0.389. The molecule has 2 N–H and O–H groups in total. The highest BCUT2D eigenvalue weighted by Gasteiger charge is 2.28. The second kappa shape index (κ2) is 9.44. The molecule has 1 unspecified atom stereocenters. The topological polar surface area (TPSA) is 86.7 Å². The molecule has 2 rings (SSSR count). The smallest absolute Gasteiger partial charge is 0.325 e. The van der Waals surface area contributed by atoms with E-state index in [1.807, 2.05) is 0 Å². The normalized spacial score (nSPS) is 16.4. The molecule has 1 saturated heterocycles. The molecule has 0 saturated carbocycles. The van der Waals surface area contributed by atoms with Gasteiger partial charge in [-0.25, -0.2) is 0 Å². The van der Waals surface area contributed by atoms with Gasteiger partial charge in [0.2, 0.25) is 11.8 Å². The van der Waals surface area contributed by atoms with Crippen molar-refractivity contribution in [1.82, 2.24) is 10.2 Å². The van der Waals surface area contributed by atoms with Gasteiger partial charge in [-0.3, -0.25) is 14.4 Å². The first-order valence-corrected chi connectivity index (χ1v) is 9.47. The number of carbonyl (C=O) groups excluding carboxylic acids is 2. The summed E-state index contributed by atoms with van der Waals surface area (Å²) in [6.45, 7) is 2.24. The van der Waals surface area contributed by atoms with E-state index in [1.165, 1.54) is 13.0 Å². The fourth-order valence-electron chi connectivity index (χ4n) is 2.69. The zero-order valence-corrected chi connectivity index (χ0v) is 16.8. The van der Waals surface area contributed by atoms with Crippen LogP contribution in [0.5, 0.6) is 0 Å². The molecule has 0 aromatic heterocycles. The summed E-state index contributed by atoms with van der Waals surface area (Å²) in [5.41, 5.74) is 0.580. The third-order valence-corrected chi connectivity index (χ3v) is 5.69. The highest BCUT2D eigenvalue weighted by molar-refractivity contribution is 6.48. The first kappa shape index (κ1) is 21.5. The Morgan fingerprint density at radius 3 is 2.41 bits per heavy atom. The summed E-state index contributed by atoms with van der Waals surface area (Å²) >= 11 is 18.0. The zero-order chi connectivity index (χ0) is 20.1. The van der Waals surface area contributed by atoms with Gasteiger partial charge in [-0.05, 0) is 37.5 Å². The van der Waals surface area contributed by atoms with Gasteiger partial charge >= 0.3 is 5.97 Å². The molecule has 9 heteroatoms. The van der Waals surface area contributed by atoms with Gasteiger partial charge < -0.3 is 15.3 Å². The Hall–Kier alpha value is -1.76. The van der Waals surface area contributed by atoms with Crippen LogP contribution in [0.4, 0.5) is 0 Å². The van der Waals surface area contributed by atoms with Crippen LogP contribution >= 0.6 is 34.8 Å². The van der Waals surface area contributed by atoms with Gasteiger partial charge in [0, 0.05) is 25.1 Å². The quantitative estimate of drug-likeness (QED) is 0.550. The monoisotopic (exact) mass is 432 g/mol. The van der Waals surface area contributed by atoms with E-state index in [9.17, 15) is 14.4 Å². The molecule has 6 nitrogen and oxygen atoms in total. The number of halogens is 3. The molecule has 1 aromatic carbocycles. The van der Waals surface area contributed by atoms with E-state index in [2.05, 4.69) is 5.32 Å². The van der Waals surface area contributed by atoms with Crippen LogP contribution in [0.2, 0.25) is 15.1 Å². The van der Waals surface area contributed by atoms with Crippen LogP contribution in [0.1, 0.15) is 25.3 Å². The Morgan fingerprint density at radius 2 is 1.81 bits per heavy atom. The van der Waals surface area contributed by atoms with Gasteiger partial charge in [0.15, 0.2) is 0 Å². The van der Waals surface area contributed by atoms with Gasteiger partial charge in [-0.2, -0.15) is 0 Å². The van der Waals surface area contributed by atoms with Crippen LogP contribution in [0.15, 0.2) is 18.2 Å². The fourth-order valence-corrected chi connectivity index (χ4v) is 3.30. The van der Waals surface area contributed by atoms with E-state index < -0.39 is 12.0 Å². The number of hydrogen-bond donors (Lipinski definition) is 2. The second-order valence-corrected chi connectivity index (χ2v) is 7.43. The number of hydrogen-bond acceptors (Lipinski definition) is 3. The molecule has 1 aliphatic heterocycles. The molecule has 0 radical (unpaired) electrons. The molecule has 0 spiro atoms. The maximum Gasteiger partial charge on any atom is 0.325 e. The van der Waals surface area contributed by atoms with Crippen LogP contribution in [0, 0.1) is 5.92 Å². The van der Waals surface area contributed by atoms with E-state index in [4.69, 9.17) is 39.9 Å². The van der Waals surface area contributed by atoms with Crippen LogP contribution in [0.25, 0.3) is 6.08 Å². The SMILES string of the molecule is CC(NC(=O)C1CCN(C(=O)C=Cc2ccc(Cl)c(Cl)c2Cl)CC1)C(=O)O. The van der Waals surface area contributed by atoms with Crippen LogP contribution in [0.3, 0.4) is 0 Å². The molecule has 0 bridgehead atoms. The highest BCUT2D eigenvalue weighted by Crippen LogP contribution is 2.33. The average Bonchev–Trinajstić information content (AvgIpc) is 2.65. The second-order valence-electron chi connectivity index (χ2n) is 6.27. The first-order chi connectivity index (χ1) is 12.7. The molecule has 2 amide bonds. The van der Waals surface area contributed by atoms with E-state index in [1.54, 1.807) is 23.1 Å². The molecule has 27 heavy (non-hydrogen) atoms. The minimum absolute atomic E-state index is 0.199. The van der Waals surface area contributed by atoms with Crippen molar-refractivity contribution < 1.29 is 19.5 Å². The molecular weight excluding hydrogens is 415 g/mol. The molecule has 1 heterocycles. The number of benzene rings is 1. The van der Waals surface area contributed by atoms with Gasteiger partial charge in [-0.1, -0.05) is 40.9 Å². The number of piperidine rings is 1. The first-order valence-electron chi connectivity index (χ1n) is 8.34. The number of rotatable bonds is 5. The van der Waals surface area contributed by atoms with Crippen molar-refractivity contribution in [2.75, 3.05) is 13.1 Å². The van der Waals surface area contributed by atoms with E-state index in [-0.39, 0.29) is 27.8 Å². The standard InChI is InChI=1S/C18H19Cl3N2O4/c1-10(18(26)27)22-17(25)12-6-8-23(9-7-12)14(24)5-3-11-2-4-13(19)16(21)15(11)20/h2-5,10,12H,6-9H2,1H3,(H,22,25)(H,26,27). The lowest BCUT2D eigenvalue weighted by atomic mass is 9.95. The molecular formula is C18H19Cl3N2O4. The summed E-state index contributed by atoms with van der Waals surface area (Å²) in [6, 6.07) is 2.33. The Balaban J connectivity index is 1.90. The summed E-state index contributed by atoms with van der Waals surface area (Å²) in [6.07, 6.45) is 3.93. The van der Waals surface area contributed by atoms with Crippen LogP contribution in [-0.4, -0.2) is 46.9 Å². The van der Waals surface area contributed by atoms with E-state index in [0.717, 1.165) is 0 Å². The third kappa shape index (κ3) is 5.61. The molecule has 1 aliphatic rings. The largest absolute Gasteiger partial charge is 0.480 e. The lowest BCUT2D eigenvalue weighted by molar-refractivity contribution is -0.142. The summed E-state index contributed by atoms with van der Waals surface area (Å²) in [5.74, 6) is -1.88. The van der Waals surface area contributed by atoms with Gasteiger partial charge in [0.25, 0.3) is 0 Å². The van der Waals surface area contributed by atoms with Crippen molar-refractivity contribution in [1.29, 1.82) is 0 Å². The van der Waals surface area contributed by atoms with Crippen molar-refractivity contribution >= 4 is 58.7 Å². The molecule has 1 aromatic rings. The van der Waals surface area contributed by atoms with Crippen LogP contribution in [-0.2, 0) is 14.4 Å². The van der Waals surface area contributed by atoms with Crippen LogP contribution < -0.4 is 5.32 Å². The van der Waals surface area contributed by atoms with Crippen molar-refractivity contribution in [3.8, 4) is 0 Å². The Bertz CT molecular complexity index is 774. The number of nitrogens with one attached hydrogen (secondary N) is 1. The maximum atomic E-state index is 12.3. The third-order valence-electron chi connectivity index (χ3n) is 4.38. The maximum absolute atomic E-state index is 12.3. The summed E-state index contributed by atoms with van der Waals surface area (Å²) < 4.78 is 0. The average molecular weight is 434 g/mol. The lowest BCUT2D eigenvalue weighted by Gasteiger charge is -2.31. The van der Waals surface area contributed by atoms with Gasteiger partial charge in [0.1, 0.15) is 6.04 Å². The molecule has 1 fully saturated rings. The van der Waals surface area contributed by atoms with Crippen molar-refractivity contribution in [2.45, 2.75) is 25.8 Å². The summed E-state index contributed by atoms with van der Waals surface area (Å²) in [4.78, 5) is 36.8. The highest BCUT2D eigenvalue weighted by atomic mass is 35.5. The number of amides is 2. The summed E-state index contributed by atoms with van der Waals surface area (Å²) in [5, 5.41) is 12.2. The Labute approximate surface area is 172 Å². The zero-order valence-electron chi connectivity index (χ0n) is 14.5. The number of likely N-dealkylation sites (tertiary alicyclic amines) is 1. The number of aliphatic carboxylic acids is 1. The molecule has 1 atom stereocenters. The number of nitrogens with zero attached hydrogens (tertiary/aromatic N) is 1. The minimum Gasteiger partial charge on any atom is -0.480 e. The number of carbonyl (C=O) groups is 3. The lowest BCUT2D eigenvalue weighted by Crippen LogP contribution is -2.46. The van der Waals surface area contributed by atoms with Crippen molar-refractivity contribution in [3.63, 3.8) is 0 Å². The minimum atomic E-state index is -1.08. The molecule has 0 aliphatic carbocycles. The Kier molecular flexibility index (Phi) is 7.53. The van der Waals surface area contributed by atoms with E-state index >= 15 is 0 Å². The van der Waals surface area contributed by atoms with Crippen molar-refractivity contribution in [3.05, 3.63) is 38.8 Å². The predicted molar refractivity (Wildman–Crippen MR) is 105 cm³/mol. The summed E-state index contributed by atoms with van der Waals surface area (Å²) in [7, 11) is 0.